The first-order valence-corrected chi connectivity index (χ1v) is 4.67. The van der Waals surface area contributed by atoms with E-state index in [0.717, 1.165) is 12.5 Å². The van der Waals surface area contributed by atoms with Crippen LogP contribution in [0.1, 0.15) is 12.8 Å². The van der Waals surface area contributed by atoms with E-state index in [1.54, 1.807) is 0 Å². The van der Waals surface area contributed by atoms with Crippen LogP contribution in [0.2, 0.25) is 0 Å². The topological polar surface area (TPSA) is 6.48 Å². The van der Waals surface area contributed by atoms with Gasteiger partial charge in [0.15, 0.2) is 0 Å². The summed E-state index contributed by atoms with van der Waals surface area (Å²) in [6.07, 6.45) is 2.67. The second kappa shape index (κ2) is 4.33. The lowest BCUT2D eigenvalue weighted by atomic mass is 9.97. The van der Waals surface area contributed by atoms with Gasteiger partial charge in [-0.3, -0.25) is 4.31 Å². The molecule has 0 aromatic heterocycles. The highest BCUT2D eigenvalue weighted by Crippen LogP contribution is 2.16. The predicted octanol–water partition coefficient (Wildman–Crippen LogP) is 1.10. The summed E-state index contributed by atoms with van der Waals surface area (Å²) in [5.74, 6) is 0.869. The summed E-state index contributed by atoms with van der Waals surface area (Å²) in [5, 5.41) is 0. The molecule has 0 aliphatic carbocycles. The Hall–Kier alpha value is 0.270. The molecule has 1 heterocycles. The molecular weight excluding hydrogens is 156 g/mol. The third-order valence-corrected chi connectivity index (χ3v) is 2.52. The fourth-order valence-corrected chi connectivity index (χ4v) is 1.85. The van der Waals surface area contributed by atoms with Crippen molar-refractivity contribution >= 4 is 12.8 Å². The summed E-state index contributed by atoms with van der Waals surface area (Å²) in [6, 6.07) is 0. The highest BCUT2D eigenvalue weighted by Gasteiger charge is 2.16. The molecule has 2 nitrogen and oxygen atoms in total. The van der Waals surface area contributed by atoms with Crippen LogP contribution in [0.25, 0.3) is 0 Å². The third kappa shape index (κ3) is 3.45. The van der Waals surface area contributed by atoms with Crippen molar-refractivity contribution in [1.29, 1.82) is 0 Å². The van der Waals surface area contributed by atoms with Crippen molar-refractivity contribution in [3.63, 3.8) is 0 Å². The molecule has 1 aliphatic heterocycles. The molecule has 0 aromatic rings. The molecule has 1 fully saturated rings. The number of hydrogen-bond donors (Lipinski definition) is 1. The fraction of sp³-hybridized carbons (Fsp3) is 1.00. The smallest absolute Gasteiger partial charge is 0.0113 e. The summed E-state index contributed by atoms with van der Waals surface area (Å²) in [6.45, 7) is 3.65. The van der Waals surface area contributed by atoms with Gasteiger partial charge in [0.25, 0.3) is 0 Å². The first kappa shape index (κ1) is 9.36. The van der Waals surface area contributed by atoms with Crippen molar-refractivity contribution in [2.24, 2.45) is 5.92 Å². The molecule has 0 saturated carbocycles. The zero-order valence-corrected chi connectivity index (χ0v) is 8.35. The van der Waals surface area contributed by atoms with E-state index in [4.69, 9.17) is 0 Å². The van der Waals surface area contributed by atoms with E-state index in [2.05, 4.69) is 24.8 Å². The number of likely N-dealkylation sites (tertiary alicyclic amines) is 1. The molecule has 66 valence electrons. The summed E-state index contributed by atoms with van der Waals surface area (Å²) in [4.78, 5) is 2.40. The zero-order valence-electron chi connectivity index (χ0n) is 7.45. The second-order valence-corrected chi connectivity index (χ2v) is 4.27. The van der Waals surface area contributed by atoms with E-state index in [9.17, 15) is 0 Å². The van der Waals surface area contributed by atoms with E-state index < -0.39 is 0 Å². The van der Waals surface area contributed by atoms with Gasteiger partial charge in [0.2, 0.25) is 0 Å². The molecule has 0 N–H and O–H groups in total. The highest BCUT2D eigenvalue weighted by atomic mass is 32.1. The van der Waals surface area contributed by atoms with Gasteiger partial charge in [-0.05, 0) is 45.9 Å². The molecule has 0 spiro atoms. The second-order valence-electron chi connectivity index (χ2n) is 3.59. The number of nitrogens with zero attached hydrogens (tertiary/aromatic N) is 2. The average Bonchev–Trinajstić information content (AvgIpc) is 1.93. The number of thiol groups is 1. The van der Waals surface area contributed by atoms with Crippen LogP contribution < -0.4 is 0 Å². The Morgan fingerprint density at radius 3 is 2.45 bits per heavy atom. The normalized spacial score (nSPS) is 22.9. The van der Waals surface area contributed by atoms with Gasteiger partial charge >= 0.3 is 0 Å². The van der Waals surface area contributed by atoms with Gasteiger partial charge in [-0.1, -0.05) is 12.8 Å². The Morgan fingerprint density at radius 1 is 1.45 bits per heavy atom. The summed E-state index contributed by atoms with van der Waals surface area (Å²) in [5.41, 5.74) is 0. The van der Waals surface area contributed by atoms with Gasteiger partial charge in [-0.15, -0.1) is 0 Å². The average molecular weight is 174 g/mol. The molecule has 1 saturated heterocycles. The molecule has 0 aromatic carbocycles. The zero-order chi connectivity index (χ0) is 8.27. The lowest BCUT2D eigenvalue weighted by Crippen LogP contribution is -2.33. The Balaban J connectivity index is 2.17. The number of hydrogen-bond acceptors (Lipinski definition) is 3. The molecule has 0 unspecified atom stereocenters. The van der Waals surface area contributed by atoms with Crippen LogP contribution in [0.3, 0.4) is 0 Å². The Labute approximate surface area is 75.1 Å². The van der Waals surface area contributed by atoms with Crippen LogP contribution in [-0.4, -0.2) is 42.9 Å². The van der Waals surface area contributed by atoms with Gasteiger partial charge in [0, 0.05) is 6.54 Å². The first-order valence-electron chi connectivity index (χ1n) is 4.27. The molecule has 0 radical (unpaired) electrons. The van der Waals surface area contributed by atoms with Gasteiger partial charge in [-0.25, -0.2) is 0 Å². The fourth-order valence-electron chi connectivity index (χ4n) is 1.62. The van der Waals surface area contributed by atoms with Crippen LogP contribution in [0, 0.1) is 5.92 Å². The van der Waals surface area contributed by atoms with Gasteiger partial charge < -0.3 is 4.90 Å². The SMILES string of the molecule is CN(S)CC1CCN(C)CC1. The van der Waals surface area contributed by atoms with Crippen LogP contribution in [0.4, 0.5) is 0 Å². The third-order valence-electron chi connectivity index (χ3n) is 2.36. The van der Waals surface area contributed by atoms with Crippen molar-refractivity contribution in [3.8, 4) is 0 Å². The molecule has 1 aliphatic rings. The van der Waals surface area contributed by atoms with Crippen LogP contribution in [0.5, 0.6) is 0 Å². The lowest BCUT2D eigenvalue weighted by Gasteiger charge is -2.30. The van der Waals surface area contributed by atoms with Crippen molar-refractivity contribution in [2.75, 3.05) is 33.7 Å². The van der Waals surface area contributed by atoms with E-state index >= 15 is 0 Å². The van der Waals surface area contributed by atoms with Gasteiger partial charge in [0.05, 0.1) is 0 Å². The van der Waals surface area contributed by atoms with Crippen molar-refractivity contribution in [2.45, 2.75) is 12.8 Å². The van der Waals surface area contributed by atoms with E-state index in [0.29, 0.717) is 0 Å². The van der Waals surface area contributed by atoms with E-state index in [1.165, 1.54) is 25.9 Å². The highest BCUT2D eigenvalue weighted by molar-refractivity contribution is 7.77. The largest absolute Gasteiger partial charge is 0.306 e. The predicted molar refractivity (Wildman–Crippen MR) is 51.8 cm³/mol. The minimum absolute atomic E-state index is 0.869. The molecule has 0 atom stereocenters. The summed E-state index contributed by atoms with van der Waals surface area (Å²) in [7, 11) is 4.22. The monoisotopic (exact) mass is 174 g/mol. The molecule has 3 heteroatoms. The Morgan fingerprint density at radius 2 is 2.00 bits per heavy atom. The Kier molecular flexibility index (Phi) is 3.69. The maximum absolute atomic E-state index is 4.25. The maximum Gasteiger partial charge on any atom is 0.0113 e. The minimum Gasteiger partial charge on any atom is -0.306 e. The van der Waals surface area contributed by atoms with E-state index in [-0.39, 0.29) is 0 Å². The molecule has 0 bridgehead atoms. The van der Waals surface area contributed by atoms with Crippen LogP contribution in [0.15, 0.2) is 0 Å². The van der Waals surface area contributed by atoms with Crippen LogP contribution in [-0.2, 0) is 0 Å². The molecule has 1 rings (SSSR count). The standard InChI is InChI=1S/C8H18N2S/c1-9-5-3-8(4-6-9)7-10(2)11/h8,11H,3-7H2,1-2H3. The van der Waals surface area contributed by atoms with Crippen LogP contribution >= 0.6 is 12.8 Å². The van der Waals surface area contributed by atoms with Crippen molar-refractivity contribution in [3.05, 3.63) is 0 Å². The van der Waals surface area contributed by atoms with E-state index in [1.807, 2.05) is 11.4 Å². The molecular formula is C8H18N2S. The number of rotatable bonds is 2. The maximum atomic E-state index is 4.25. The van der Waals surface area contributed by atoms with Gasteiger partial charge in [-0.2, -0.15) is 0 Å². The molecule has 0 amide bonds. The number of piperidine rings is 1. The van der Waals surface area contributed by atoms with Crippen molar-refractivity contribution in [1.82, 2.24) is 9.21 Å². The molecule has 11 heavy (non-hydrogen) atoms. The van der Waals surface area contributed by atoms with Crippen molar-refractivity contribution < 1.29 is 0 Å². The first-order chi connectivity index (χ1) is 5.18. The van der Waals surface area contributed by atoms with Gasteiger partial charge in [0.1, 0.15) is 0 Å². The lowest BCUT2D eigenvalue weighted by molar-refractivity contribution is 0.205. The Bertz CT molecular complexity index is 109. The quantitative estimate of drug-likeness (QED) is 0.626. The summed E-state index contributed by atoms with van der Waals surface area (Å²) >= 11 is 4.25. The minimum atomic E-state index is 0.869. The summed E-state index contributed by atoms with van der Waals surface area (Å²) < 4.78 is 2.00.